The molecule has 1 saturated heterocycles. The molecule has 0 aliphatic carbocycles. The Labute approximate surface area is 142 Å². The molecule has 1 aliphatic rings. The third-order valence-electron chi connectivity index (χ3n) is 3.89. The number of pyridine rings is 1. The van der Waals surface area contributed by atoms with Gasteiger partial charge in [0.1, 0.15) is 17.1 Å². The number of hydrogen-bond donors (Lipinski definition) is 1. The maximum absolute atomic E-state index is 12.8. The van der Waals surface area contributed by atoms with E-state index in [1.54, 1.807) is 27.7 Å². The van der Waals surface area contributed by atoms with Gasteiger partial charge in [0.25, 0.3) is 0 Å². The van der Waals surface area contributed by atoms with Crippen LogP contribution in [0.5, 0.6) is 0 Å². The fourth-order valence-corrected chi connectivity index (χ4v) is 2.89. The number of amides is 2. The first-order chi connectivity index (χ1) is 10.8. The van der Waals surface area contributed by atoms with E-state index in [0.29, 0.717) is 0 Å². The monoisotopic (exact) mass is 363 g/mol. The lowest BCUT2D eigenvalue weighted by Crippen LogP contribution is -2.67. The summed E-state index contributed by atoms with van der Waals surface area (Å²) in [6.07, 6.45) is -3.35. The maximum atomic E-state index is 12.8. The summed E-state index contributed by atoms with van der Waals surface area (Å²) in [5.74, 6) is -1.61. The average Bonchev–Trinajstić information content (AvgIpc) is 2.61. The van der Waals surface area contributed by atoms with Crippen LogP contribution in [0.1, 0.15) is 33.3 Å². The van der Waals surface area contributed by atoms with Gasteiger partial charge in [0.05, 0.1) is 11.5 Å². The summed E-state index contributed by atoms with van der Waals surface area (Å²) in [4.78, 5) is 28.7. The number of likely N-dealkylation sites (tertiary alicyclic amines) is 1. The Morgan fingerprint density at radius 1 is 1.21 bits per heavy atom. The Bertz CT molecular complexity index is 700. The molecule has 2 amide bonds. The highest BCUT2D eigenvalue weighted by Gasteiger charge is 2.62. The lowest BCUT2D eigenvalue weighted by atomic mass is 10.0. The molecule has 2 heterocycles. The Morgan fingerprint density at radius 2 is 1.79 bits per heavy atom. The third kappa shape index (κ3) is 2.88. The Kier molecular flexibility index (Phi) is 4.43. The molecule has 1 aliphatic heterocycles. The van der Waals surface area contributed by atoms with Gasteiger partial charge in [-0.3, -0.25) is 0 Å². The molecule has 9 heteroatoms. The van der Waals surface area contributed by atoms with Crippen LogP contribution in [-0.2, 0) is 15.8 Å². The summed E-state index contributed by atoms with van der Waals surface area (Å²) in [5, 5.41) is -0.754. The zero-order chi connectivity index (χ0) is 18.5. The maximum Gasteiger partial charge on any atom is 0.419 e. The van der Waals surface area contributed by atoms with Crippen molar-refractivity contribution < 1.29 is 27.4 Å². The van der Waals surface area contributed by atoms with Crippen molar-refractivity contribution in [1.29, 1.82) is 0 Å². The van der Waals surface area contributed by atoms with Crippen molar-refractivity contribution in [3.63, 3.8) is 0 Å². The van der Waals surface area contributed by atoms with Crippen LogP contribution in [-0.4, -0.2) is 26.9 Å². The van der Waals surface area contributed by atoms with Crippen LogP contribution in [0.2, 0.25) is 5.15 Å². The van der Waals surface area contributed by atoms with Gasteiger partial charge in [0.15, 0.2) is 5.82 Å². The van der Waals surface area contributed by atoms with E-state index in [0.717, 1.165) is 12.1 Å². The highest BCUT2D eigenvalue weighted by atomic mass is 35.5. The molecule has 1 fully saturated rings. The first kappa shape index (κ1) is 18.7. The largest absolute Gasteiger partial charge is 0.419 e. The van der Waals surface area contributed by atoms with E-state index in [2.05, 4.69) is 10.4 Å². The molecule has 24 heavy (non-hydrogen) atoms. The Balaban J connectivity index is 2.49. The number of imide groups is 1. The topological polar surface area (TPSA) is 59.1 Å². The van der Waals surface area contributed by atoms with Crippen molar-refractivity contribution in [2.45, 2.75) is 39.4 Å². The Hall–Kier alpha value is -1.67. The van der Waals surface area contributed by atoms with E-state index in [4.69, 9.17) is 11.6 Å². The molecular formula is C15H17ClF3N3O2+. The number of nitrogens with zero attached hydrogens (tertiary/aromatic N) is 2. The second kappa shape index (κ2) is 5.70. The molecule has 0 bridgehead atoms. The van der Waals surface area contributed by atoms with Gasteiger partial charge < -0.3 is 0 Å². The number of carbonyl (C=O) groups is 2. The number of carbonyl (C=O) groups excluding carboxylic acids is 2. The minimum atomic E-state index is -4.64. The second-order valence-corrected chi connectivity index (χ2v) is 6.98. The van der Waals surface area contributed by atoms with E-state index in [-0.39, 0.29) is 5.82 Å². The zero-order valence-corrected chi connectivity index (χ0v) is 14.3. The summed E-state index contributed by atoms with van der Waals surface area (Å²) < 4.78 is 37.5. The normalized spacial score (nSPS) is 25.2. The first-order valence-corrected chi connectivity index (χ1v) is 7.53. The predicted octanol–water partition coefficient (Wildman–Crippen LogP) is 3.60. The van der Waals surface area contributed by atoms with Crippen molar-refractivity contribution >= 4 is 29.2 Å². The van der Waals surface area contributed by atoms with Gasteiger partial charge >= 0.3 is 18.0 Å². The zero-order valence-electron chi connectivity index (χ0n) is 13.5. The van der Waals surface area contributed by atoms with E-state index in [9.17, 15) is 22.8 Å². The molecule has 1 aromatic rings. The molecule has 0 saturated carbocycles. The molecule has 2 rings (SSSR count). The number of halogens is 4. The predicted molar refractivity (Wildman–Crippen MR) is 81.4 cm³/mol. The van der Waals surface area contributed by atoms with Crippen molar-refractivity contribution in [1.82, 2.24) is 4.98 Å². The molecule has 1 aromatic heterocycles. The van der Waals surface area contributed by atoms with E-state index in [1.165, 1.54) is 6.42 Å². The fraction of sp³-hybridized carbons (Fsp3) is 0.467. The van der Waals surface area contributed by atoms with E-state index in [1.807, 2.05) is 0 Å². The van der Waals surface area contributed by atoms with Gasteiger partial charge in [-0.05, 0) is 39.8 Å². The van der Waals surface area contributed by atoms with Crippen molar-refractivity contribution in [2.24, 2.45) is 5.92 Å². The van der Waals surface area contributed by atoms with Crippen LogP contribution in [0.3, 0.4) is 0 Å². The van der Waals surface area contributed by atoms with Gasteiger partial charge in [0, 0.05) is 0 Å². The molecule has 0 spiro atoms. The van der Waals surface area contributed by atoms with Gasteiger partial charge in [-0.15, -0.1) is 0 Å². The summed E-state index contributed by atoms with van der Waals surface area (Å²) >= 11 is 5.60. The molecular weight excluding hydrogens is 347 g/mol. The lowest BCUT2D eigenvalue weighted by Gasteiger charge is -2.39. The SMILES string of the molecule is CC1[CH]C(=O)[N+](Nc2ccc(C(F)(F)F)c(Cl)n2)(C(C)(C)C)C1=O. The fourth-order valence-electron chi connectivity index (χ4n) is 2.63. The number of nitrogens with one attached hydrogen (secondary N) is 1. The first-order valence-electron chi connectivity index (χ1n) is 7.15. The number of hydrogen-bond acceptors (Lipinski definition) is 4. The number of alkyl halides is 3. The van der Waals surface area contributed by atoms with Crippen molar-refractivity contribution in [2.75, 3.05) is 5.43 Å². The van der Waals surface area contributed by atoms with Gasteiger partial charge in [-0.2, -0.15) is 13.2 Å². The number of quaternary nitrogens is 1. The third-order valence-corrected chi connectivity index (χ3v) is 4.17. The molecule has 131 valence electrons. The minimum Gasteiger partial charge on any atom is -0.227 e. The van der Waals surface area contributed by atoms with Crippen LogP contribution in [0.15, 0.2) is 12.1 Å². The average molecular weight is 364 g/mol. The summed E-state index contributed by atoms with van der Waals surface area (Å²) in [7, 11) is 0. The second-order valence-electron chi connectivity index (χ2n) is 6.62. The smallest absolute Gasteiger partial charge is 0.227 e. The van der Waals surface area contributed by atoms with E-state index >= 15 is 0 Å². The molecule has 0 aromatic carbocycles. The molecule has 2 unspecified atom stereocenters. The van der Waals surface area contributed by atoms with Gasteiger partial charge in [-0.1, -0.05) is 16.2 Å². The lowest BCUT2D eigenvalue weighted by molar-refractivity contribution is -0.802. The van der Waals surface area contributed by atoms with Crippen LogP contribution in [0.4, 0.5) is 19.0 Å². The summed E-state index contributed by atoms with van der Waals surface area (Å²) in [6.45, 7) is 6.61. The summed E-state index contributed by atoms with van der Waals surface area (Å²) in [5.41, 5.74) is 0.718. The van der Waals surface area contributed by atoms with Crippen molar-refractivity contribution in [3.05, 3.63) is 29.3 Å². The van der Waals surface area contributed by atoms with Crippen LogP contribution >= 0.6 is 11.6 Å². The van der Waals surface area contributed by atoms with Crippen LogP contribution in [0, 0.1) is 12.3 Å². The number of aromatic nitrogens is 1. The highest BCUT2D eigenvalue weighted by Crippen LogP contribution is 2.38. The molecule has 1 radical (unpaired) electrons. The standard InChI is InChI=1S/C15H17ClF3N3O2/c1-8-7-11(23)22(13(8)24,14(2,3)4)21-10-6-5-9(12(16)20-10)15(17,18)19/h5-8H,1-4H3,(H,20,21)/q+1. The van der Waals surface area contributed by atoms with E-state index < -0.39 is 44.8 Å². The minimum absolute atomic E-state index is 0.0906. The molecule has 2 atom stereocenters. The van der Waals surface area contributed by atoms with Crippen LogP contribution < -0.4 is 5.43 Å². The molecule has 1 N–H and O–H groups in total. The quantitative estimate of drug-likeness (QED) is 0.495. The highest BCUT2D eigenvalue weighted by molar-refractivity contribution is 6.30. The Morgan fingerprint density at radius 3 is 2.17 bits per heavy atom. The summed E-state index contributed by atoms with van der Waals surface area (Å²) in [6, 6.07) is 1.80. The molecule has 5 nitrogen and oxygen atoms in total. The van der Waals surface area contributed by atoms with Crippen molar-refractivity contribution in [3.8, 4) is 0 Å². The van der Waals surface area contributed by atoms with Gasteiger partial charge in [0.2, 0.25) is 0 Å². The number of rotatable bonds is 2. The number of anilines is 1. The van der Waals surface area contributed by atoms with Crippen LogP contribution in [0.25, 0.3) is 0 Å². The van der Waals surface area contributed by atoms with Gasteiger partial charge in [-0.25, -0.2) is 20.0 Å².